The molecule has 0 spiro atoms. The zero-order chi connectivity index (χ0) is 23.4. The molecular formula is C24H31ClFN3O3. The van der Waals surface area contributed by atoms with Crippen molar-refractivity contribution < 1.29 is 18.8 Å². The van der Waals surface area contributed by atoms with E-state index in [4.69, 9.17) is 11.6 Å². The molecule has 0 bridgehead atoms. The molecule has 174 valence electrons. The molecule has 1 atom stereocenters. The van der Waals surface area contributed by atoms with Crippen molar-refractivity contribution in [1.29, 1.82) is 0 Å². The van der Waals surface area contributed by atoms with E-state index in [1.165, 1.54) is 12.5 Å². The SMILES string of the molecule is CCCC(Nc1cc(N2C(=O)CC(=C(C)C)C2=O)c(F)cc1Cl)C(=O)NC1CCCCC1. The number of imide groups is 1. The molecule has 1 aromatic carbocycles. The lowest BCUT2D eigenvalue weighted by Gasteiger charge is -2.27. The van der Waals surface area contributed by atoms with Gasteiger partial charge >= 0.3 is 0 Å². The molecule has 1 unspecified atom stereocenters. The van der Waals surface area contributed by atoms with Crippen LogP contribution in [0.4, 0.5) is 15.8 Å². The Morgan fingerprint density at radius 1 is 1.22 bits per heavy atom. The molecule has 1 heterocycles. The van der Waals surface area contributed by atoms with Gasteiger partial charge in [0.25, 0.3) is 5.91 Å². The normalized spacial score (nSPS) is 18.2. The fourth-order valence-corrected chi connectivity index (χ4v) is 4.51. The number of carbonyl (C=O) groups is 3. The molecule has 32 heavy (non-hydrogen) atoms. The Hall–Kier alpha value is -2.41. The summed E-state index contributed by atoms with van der Waals surface area (Å²) in [4.78, 5) is 39.0. The van der Waals surface area contributed by atoms with Crippen molar-refractivity contribution in [2.45, 2.75) is 84.2 Å². The van der Waals surface area contributed by atoms with Gasteiger partial charge in [0, 0.05) is 11.6 Å². The third-order valence-electron chi connectivity index (χ3n) is 6.09. The summed E-state index contributed by atoms with van der Waals surface area (Å²) < 4.78 is 14.8. The molecule has 3 rings (SSSR count). The van der Waals surface area contributed by atoms with Crippen LogP contribution in [0.3, 0.4) is 0 Å². The summed E-state index contributed by atoms with van der Waals surface area (Å²) >= 11 is 6.27. The lowest BCUT2D eigenvalue weighted by molar-refractivity contribution is -0.123. The number of nitrogens with one attached hydrogen (secondary N) is 2. The predicted molar refractivity (Wildman–Crippen MR) is 124 cm³/mol. The second kappa shape index (κ2) is 10.5. The van der Waals surface area contributed by atoms with Gasteiger partial charge in [-0.3, -0.25) is 14.4 Å². The second-order valence-electron chi connectivity index (χ2n) is 8.80. The number of allylic oxidation sites excluding steroid dienone is 1. The maximum atomic E-state index is 14.8. The minimum absolute atomic E-state index is 0.0613. The van der Waals surface area contributed by atoms with Gasteiger partial charge in [-0.05, 0) is 45.2 Å². The summed E-state index contributed by atoms with van der Waals surface area (Å²) in [5, 5.41) is 6.32. The number of amides is 3. The minimum Gasteiger partial charge on any atom is -0.372 e. The molecule has 0 radical (unpaired) electrons. The first kappa shape index (κ1) is 24.2. The van der Waals surface area contributed by atoms with Crippen molar-refractivity contribution in [3.8, 4) is 0 Å². The molecule has 1 saturated heterocycles. The number of benzene rings is 1. The van der Waals surface area contributed by atoms with Gasteiger partial charge in [-0.25, -0.2) is 9.29 Å². The fraction of sp³-hybridized carbons (Fsp3) is 0.542. The molecule has 2 N–H and O–H groups in total. The van der Waals surface area contributed by atoms with E-state index in [1.807, 2.05) is 6.92 Å². The summed E-state index contributed by atoms with van der Waals surface area (Å²) in [6.07, 6.45) is 6.61. The average Bonchev–Trinajstić information content (AvgIpc) is 3.04. The number of carbonyl (C=O) groups excluding carboxylic acids is 3. The number of hydrogen-bond acceptors (Lipinski definition) is 4. The van der Waals surface area contributed by atoms with Crippen molar-refractivity contribution in [1.82, 2.24) is 5.32 Å². The van der Waals surface area contributed by atoms with E-state index in [2.05, 4.69) is 10.6 Å². The van der Waals surface area contributed by atoms with Crippen LogP contribution < -0.4 is 15.5 Å². The first-order valence-corrected chi connectivity index (χ1v) is 11.7. The van der Waals surface area contributed by atoms with Crippen LogP contribution in [-0.4, -0.2) is 29.8 Å². The standard InChI is InChI=1S/C24H31ClFN3O3/c1-4-8-19(23(31)27-15-9-6-5-7-10-15)28-20-13-21(18(26)12-17(20)25)29-22(30)11-16(14(2)3)24(29)32/h12-13,15,19,28H,4-11H2,1-3H3,(H,27,31). The minimum atomic E-state index is -0.768. The smallest absolute Gasteiger partial charge is 0.261 e. The highest BCUT2D eigenvalue weighted by Gasteiger charge is 2.37. The first-order chi connectivity index (χ1) is 15.2. The highest BCUT2D eigenvalue weighted by Crippen LogP contribution is 2.35. The van der Waals surface area contributed by atoms with E-state index in [0.29, 0.717) is 17.7 Å². The van der Waals surface area contributed by atoms with Crippen molar-refractivity contribution in [3.05, 3.63) is 34.1 Å². The molecule has 1 aromatic rings. The number of halogens is 2. The largest absolute Gasteiger partial charge is 0.372 e. The van der Waals surface area contributed by atoms with Crippen LogP contribution in [-0.2, 0) is 14.4 Å². The first-order valence-electron chi connectivity index (χ1n) is 11.3. The van der Waals surface area contributed by atoms with Crippen LogP contribution in [0, 0.1) is 5.82 Å². The molecule has 0 aromatic heterocycles. The van der Waals surface area contributed by atoms with Crippen molar-refractivity contribution >= 4 is 40.7 Å². The van der Waals surface area contributed by atoms with E-state index in [1.54, 1.807) is 13.8 Å². The van der Waals surface area contributed by atoms with Gasteiger partial charge in [0.2, 0.25) is 11.8 Å². The quantitative estimate of drug-likeness (QED) is 0.435. The molecule has 6 nitrogen and oxygen atoms in total. The molecule has 1 saturated carbocycles. The van der Waals surface area contributed by atoms with Gasteiger partial charge in [-0.2, -0.15) is 0 Å². The molecule has 1 aliphatic carbocycles. The molecule has 1 aliphatic heterocycles. The summed E-state index contributed by atoms with van der Waals surface area (Å²) in [5.74, 6) is -1.90. The maximum absolute atomic E-state index is 14.8. The average molecular weight is 464 g/mol. The number of hydrogen-bond donors (Lipinski definition) is 2. The highest BCUT2D eigenvalue weighted by molar-refractivity contribution is 6.34. The van der Waals surface area contributed by atoms with Crippen LogP contribution >= 0.6 is 11.6 Å². The van der Waals surface area contributed by atoms with Crippen LogP contribution in [0.25, 0.3) is 0 Å². The summed E-state index contributed by atoms with van der Waals surface area (Å²) in [7, 11) is 0. The molecule has 8 heteroatoms. The Morgan fingerprint density at radius 3 is 2.50 bits per heavy atom. The van der Waals surface area contributed by atoms with E-state index < -0.39 is 23.7 Å². The Bertz CT molecular complexity index is 937. The summed E-state index contributed by atoms with van der Waals surface area (Å²) in [5.41, 5.74) is 1.24. The number of nitrogens with zero attached hydrogens (tertiary/aromatic N) is 1. The summed E-state index contributed by atoms with van der Waals surface area (Å²) in [6.45, 7) is 5.47. The van der Waals surface area contributed by atoms with Crippen LogP contribution in [0.15, 0.2) is 23.3 Å². The molecule has 2 aliphatic rings. The maximum Gasteiger partial charge on any atom is 0.261 e. The van der Waals surface area contributed by atoms with E-state index >= 15 is 0 Å². The van der Waals surface area contributed by atoms with Crippen LogP contribution in [0.5, 0.6) is 0 Å². The van der Waals surface area contributed by atoms with Gasteiger partial charge in [0.15, 0.2) is 0 Å². The lowest BCUT2D eigenvalue weighted by atomic mass is 9.95. The van der Waals surface area contributed by atoms with Gasteiger partial charge in [-0.15, -0.1) is 0 Å². The van der Waals surface area contributed by atoms with Crippen molar-refractivity contribution in [2.24, 2.45) is 0 Å². The van der Waals surface area contributed by atoms with Crippen molar-refractivity contribution in [2.75, 3.05) is 10.2 Å². The molecule has 3 amide bonds. The van der Waals surface area contributed by atoms with E-state index in [0.717, 1.165) is 48.6 Å². The third kappa shape index (κ3) is 5.31. The Morgan fingerprint density at radius 2 is 1.91 bits per heavy atom. The second-order valence-corrected chi connectivity index (χ2v) is 9.21. The fourth-order valence-electron chi connectivity index (χ4n) is 4.30. The summed E-state index contributed by atoms with van der Waals surface area (Å²) in [6, 6.07) is 2.02. The van der Waals surface area contributed by atoms with Crippen LogP contribution in [0.1, 0.15) is 72.1 Å². The van der Waals surface area contributed by atoms with E-state index in [9.17, 15) is 18.8 Å². The van der Waals surface area contributed by atoms with E-state index in [-0.39, 0.29) is 29.1 Å². The van der Waals surface area contributed by atoms with Crippen molar-refractivity contribution in [3.63, 3.8) is 0 Å². The Kier molecular flexibility index (Phi) is 7.93. The van der Waals surface area contributed by atoms with Gasteiger partial charge < -0.3 is 10.6 Å². The number of rotatable bonds is 7. The third-order valence-corrected chi connectivity index (χ3v) is 6.41. The topological polar surface area (TPSA) is 78.5 Å². The zero-order valence-electron chi connectivity index (χ0n) is 18.9. The Labute approximate surface area is 193 Å². The Balaban J connectivity index is 1.85. The highest BCUT2D eigenvalue weighted by atomic mass is 35.5. The van der Waals surface area contributed by atoms with Gasteiger partial charge in [0.1, 0.15) is 11.9 Å². The van der Waals surface area contributed by atoms with Gasteiger partial charge in [-0.1, -0.05) is 49.8 Å². The lowest BCUT2D eigenvalue weighted by Crippen LogP contribution is -2.45. The predicted octanol–water partition coefficient (Wildman–Crippen LogP) is 5.11. The molecular weight excluding hydrogens is 433 g/mol. The van der Waals surface area contributed by atoms with Gasteiger partial charge in [0.05, 0.1) is 22.8 Å². The monoisotopic (exact) mass is 463 g/mol. The molecule has 2 fully saturated rings. The zero-order valence-corrected chi connectivity index (χ0v) is 19.7. The van der Waals surface area contributed by atoms with Crippen LogP contribution in [0.2, 0.25) is 5.02 Å². The number of anilines is 2.